The molecule has 0 aromatic heterocycles. The Morgan fingerprint density at radius 2 is 1.93 bits per heavy atom. The lowest BCUT2D eigenvalue weighted by Gasteiger charge is -2.21. The van der Waals surface area contributed by atoms with Gasteiger partial charge in [0.1, 0.15) is 0 Å². The van der Waals surface area contributed by atoms with Crippen LogP contribution in [-0.4, -0.2) is 23.9 Å². The number of carbonyl (C=O) groups is 1. The first-order chi connectivity index (χ1) is 7.02. The van der Waals surface area contributed by atoms with Gasteiger partial charge in [-0.15, -0.1) is 0 Å². The lowest BCUT2D eigenvalue weighted by Crippen LogP contribution is -2.34. The smallest absolute Gasteiger partial charge is 0.226 e. The number of benzene rings is 1. The van der Waals surface area contributed by atoms with Crippen molar-refractivity contribution < 1.29 is 4.79 Å². The van der Waals surface area contributed by atoms with Crippen LogP contribution in [0.15, 0.2) is 24.3 Å². The SMILES string of the molecule is Cc1ccccc1CC(=O)N(C)C(C)C. The third-order valence-electron chi connectivity index (χ3n) is 2.77. The maximum absolute atomic E-state index is 11.8. The molecule has 0 aliphatic heterocycles. The second kappa shape index (κ2) is 4.96. The zero-order valence-electron chi connectivity index (χ0n) is 9.95. The molecule has 0 saturated heterocycles. The van der Waals surface area contributed by atoms with Gasteiger partial charge in [0.05, 0.1) is 6.42 Å². The largest absolute Gasteiger partial charge is 0.343 e. The number of carbonyl (C=O) groups excluding carboxylic acids is 1. The fraction of sp³-hybridized carbons (Fsp3) is 0.462. The molecule has 0 fully saturated rings. The molecule has 1 aromatic carbocycles. The third kappa shape index (κ3) is 3.08. The molecule has 0 unspecified atom stereocenters. The van der Waals surface area contributed by atoms with Gasteiger partial charge >= 0.3 is 0 Å². The highest BCUT2D eigenvalue weighted by atomic mass is 16.2. The molecule has 1 rings (SSSR count). The van der Waals surface area contributed by atoms with Crippen LogP contribution in [0.1, 0.15) is 25.0 Å². The third-order valence-corrected chi connectivity index (χ3v) is 2.77. The summed E-state index contributed by atoms with van der Waals surface area (Å²) in [6, 6.07) is 8.29. The van der Waals surface area contributed by atoms with Crippen LogP contribution in [0.25, 0.3) is 0 Å². The fourth-order valence-electron chi connectivity index (χ4n) is 1.38. The van der Waals surface area contributed by atoms with Crippen LogP contribution in [-0.2, 0) is 11.2 Å². The zero-order valence-corrected chi connectivity index (χ0v) is 9.95. The molecule has 2 heteroatoms. The second-order valence-electron chi connectivity index (χ2n) is 4.20. The number of hydrogen-bond donors (Lipinski definition) is 0. The lowest BCUT2D eigenvalue weighted by molar-refractivity contribution is -0.130. The van der Waals surface area contributed by atoms with Crippen molar-refractivity contribution in [1.82, 2.24) is 4.90 Å². The maximum Gasteiger partial charge on any atom is 0.226 e. The molecule has 0 N–H and O–H groups in total. The Labute approximate surface area is 91.9 Å². The molecule has 1 aromatic rings. The highest BCUT2D eigenvalue weighted by Gasteiger charge is 2.12. The first-order valence-corrected chi connectivity index (χ1v) is 5.32. The van der Waals surface area contributed by atoms with Gasteiger partial charge in [0.2, 0.25) is 5.91 Å². The van der Waals surface area contributed by atoms with Gasteiger partial charge in [-0.1, -0.05) is 24.3 Å². The maximum atomic E-state index is 11.8. The van der Waals surface area contributed by atoms with Crippen molar-refractivity contribution in [2.75, 3.05) is 7.05 Å². The standard InChI is InChI=1S/C13H19NO/c1-10(2)14(4)13(15)9-12-8-6-5-7-11(12)3/h5-8,10H,9H2,1-4H3. The summed E-state index contributed by atoms with van der Waals surface area (Å²) in [6.07, 6.45) is 0.501. The summed E-state index contributed by atoms with van der Waals surface area (Å²) >= 11 is 0. The van der Waals surface area contributed by atoms with Crippen LogP contribution < -0.4 is 0 Å². The molecule has 15 heavy (non-hydrogen) atoms. The van der Waals surface area contributed by atoms with Crippen molar-refractivity contribution in [2.24, 2.45) is 0 Å². The number of nitrogens with zero attached hydrogens (tertiary/aromatic N) is 1. The molecule has 2 nitrogen and oxygen atoms in total. The predicted molar refractivity (Wildman–Crippen MR) is 62.8 cm³/mol. The zero-order chi connectivity index (χ0) is 11.4. The summed E-state index contributed by atoms with van der Waals surface area (Å²) in [5.74, 6) is 0.180. The van der Waals surface area contributed by atoms with Crippen LogP contribution in [0.5, 0.6) is 0 Å². The van der Waals surface area contributed by atoms with E-state index < -0.39 is 0 Å². The van der Waals surface area contributed by atoms with Crippen LogP contribution in [0.2, 0.25) is 0 Å². The minimum absolute atomic E-state index is 0.180. The summed E-state index contributed by atoms with van der Waals surface area (Å²) < 4.78 is 0. The normalized spacial score (nSPS) is 10.5. The summed E-state index contributed by atoms with van der Waals surface area (Å²) in [4.78, 5) is 13.6. The van der Waals surface area contributed by atoms with Crippen molar-refractivity contribution >= 4 is 5.91 Å². The Morgan fingerprint density at radius 3 is 2.47 bits per heavy atom. The number of aryl methyl sites for hydroxylation is 1. The Balaban J connectivity index is 2.71. The van der Waals surface area contributed by atoms with Gasteiger partial charge in [-0.2, -0.15) is 0 Å². The highest BCUT2D eigenvalue weighted by Crippen LogP contribution is 2.09. The molecule has 0 aliphatic carbocycles. The fourth-order valence-corrected chi connectivity index (χ4v) is 1.38. The van der Waals surface area contributed by atoms with Gasteiger partial charge in [0.15, 0.2) is 0 Å². The first kappa shape index (κ1) is 11.8. The molecule has 0 spiro atoms. The molecule has 1 amide bonds. The predicted octanol–water partition coefficient (Wildman–Crippen LogP) is 2.40. The van der Waals surface area contributed by atoms with E-state index in [4.69, 9.17) is 0 Å². The van der Waals surface area contributed by atoms with Crippen molar-refractivity contribution in [3.05, 3.63) is 35.4 Å². The van der Waals surface area contributed by atoms with E-state index >= 15 is 0 Å². The number of amides is 1. The van der Waals surface area contributed by atoms with E-state index in [0.29, 0.717) is 6.42 Å². The Kier molecular flexibility index (Phi) is 3.89. The van der Waals surface area contributed by atoms with Crippen LogP contribution in [0.4, 0.5) is 0 Å². The molecule has 82 valence electrons. The van der Waals surface area contributed by atoms with E-state index in [1.165, 1.54) is 5.56 Å². The van der Waals surface area contributed by atoms with E-state index in [1.807, 2.05) is 52.1 Å². The molecule has 0 atom stereocenters. The average Bonchev–Trinajstić information content (AvgIpc) is 2.20. The van der Waals surface area contributed by atoms with Crippen molar-refractivity contribution in [1.29, 1.82) is 0 Å². The topological polar surface area (TPSA) is 20.3 Å². The molecule has 0 heterocycles. The minimum atomic E-state index is 0.180. The van der Waals surface area contributed by atoms with Gasteiger partial charge in [0.25, 0.3) is 0 Å². The monoisotopic (exact) mass is 205 g/mol. The van der Waals surface area contributed by atoms with E-state index in [-0.39, 0.29) is 11.9 Å². The van der Waals surface area contributed by atoms with Gasteiger partial charge < -0.3 is 4.90 Å². The number of hydrogen-bond acceptors (Lipinski definition) is 1. The van der Waals surface area contributed by atoms with Gasteiger partial charge in [-0.05, 0) is 31.9 Å². The van der Waals surface area contributed by atoms with E-state index in [0.717, 1.165) is 5.56 Å². The molecular weight excluding hydrogens is 186 g/mol. The first-order valence-electron chi connectivity index (χ1n) is 5.32. The lowest BCUT2D eigenvalue weighted by atomic mass is 10.1. The number of rotatable bonds is 3. The molecule has 0 saturated carbocycles. The quantitative estimate of drug-likeness (QED) is 0.742. The van der Waals surface area contributed by atoms with Crippen molar-refractivity contribution in [3.63, 3.8) is 0 Å². The Morgan fingerprint density at radius 1 is 1.33 bits per heavy atom. The van der Waals surface area contributed by atoms with Crippen LogP contribution in [0, 0.1) is 6.92 Å². The van der Waals surface area contributed by atoms with E-state index in [2.05, 4.69) is 0 Å². The van der Waals surface area contributed by atoms with Crippen LogP contribution >= 0.6 is 0 Å². The van der Waals surface area contributed by atoms with Gasteiger partial charge in [-0.25, -0.2) is 0 Å². The summed E-state index contributed by atoms with van der Waals surface area (Å²) in [6.45, 7) is 6.09. The summed E-state index contributed by atoms with van der Waals surface area (Å²) in [7, 11) is 1.85. The van der Waals surface area contributed by atoms with E-state index in [1.54, 1.807) is 4.90 Å². The second-order valence-corrected chi connectivity index (χ2v) is 4.20. The van der Waals surface area contributed by atoms with Gasteiger partial charge in [0, 0.05) is 13.1 Å². The van der Waals surface area contributed by atoms with Crippen molar-refractivity contribution in [3.8, 4) is 0 Å². The average molecular weight is 205 g/mol. The van der Waals surface area contributed by atoms with Gasteiger partial charge in [-0.3, -0.25) is 4.79 Å². The Hall–Kier alpha value is -1.31. The summed E-state index contributed by atoms with van der Waals surface area (Å²) in [5, 5.41) is 0. The van der Waals surface area contributed by atoms with Crippen molar-refractivity contribution in [2.45, 2.75) is 33.2 Å². The van der Waals surface area contributed by atoms with E-state index in [9.17, 15) is 4.79 Å². The molecular formula is C13H19NO. The summed E-state index contributed by atoms with van der Waals surface area (Å²) in [5.41, 5.74) is 2.30. The highest BCUT2D eigenvalue weighted by molar-refractivity contribution is 5.79. The van der Waals surface area contributed by atoms with Crippen LogP contribution in [0.3, 0.4) is 0 Å². The number of likely N-dealkylation sites (N-methyl/N-ethyl adjacent to an activating group) is 1. The molecule has 0 radical (unpaired) electrons. The molecule has 0 aliphatic rings. The Bertz CT molecular complexity index is 344. The molecule has 0 bridgehead atoms. The minimum Gasteiger partial charge on any atom is -0.343 e.